The fraction of sp³-hybridized carbons (Fsp3) is 0.357. The van der Waals surface area contributed by atoms with Gasteiger partial charge in [-0.1, -0.05) is 50.9 Å². The molecule has 0 fully saturated rings. The minimum atomic E-state index is 0.603. The number of pyridine rings is 1. The smallest absolute Gasteiger partial charge is 0.0891 e. The Kier molecular flexibility index (Phi) is 7.94. The zero-order valence-electron chi connectivity index (χ0n) is 11.0. The van der Waals surface area contributed by atoms with Crippen LogP contribution >= 0.6 is 23.2 Å². The maximum Gasteiger partial charge on any atom is 0.0891 e. The van der Waals surface area contributed by atoms with Crippen LogP contribution in [0.25, 0.3) is 10.9 Å². The van der Waals surface area contributed by atoms with Crippen molar-refractivity contribution in [2.45, 2.75) is 34.6 Å². The molecule has 0 spiro atoms. The first-order valence-corrected chi connectivity index (χ1v) is 6.64. The summed E-state index contributed by atoms with van der Waals surface area (Å²) in [5.41, 5.74) is 1.94. The van der Waals surface area contributed by atoms with Crippen molar-refractivity contribution in [1.29, 1.82) is 0 Å². The van der Waals surface area contributed by atoms with Crippen LogP contribution in [0, 0.1) is 6.92 Å². The SMILES string of the molecule is CC.CC.Cc1ccnc2c(Cl)cc(Cl)cc12. The number of aryl methyl sites for hydroxylation is 1. The Balaban J connectivity index is 0.000000581. The molecule has 1 aromatic carbocycles. The van der Waals surface area contributed by atoms with E-state index in [2.05, 4.69) is 4.98 Å². The van der Waals surface area contributed by atoms with Gasteiger partial charge in [-0.15, -0.1) is 0 Å². The van der Waals surface area contributed by atoms with Crippen LogP contribution in [0.2, 0.25) is 10.0 Å². The van der Waals surface area contributed by atoms with E-state index in [1.165, 1.54) is 0 Å². The topological polar surface area (TPSA) is 12.9 Å². The van der Waals surface area contributed by atoms with Crippen molar-refractivity contribution >= 4 is 34.1 Å². The lowest BCUT2D eigenvalue weighted by Crippen LogP contribution is -1.83. The highest BCUT2D eigenvalue weighted by atomic mass is 35.5. The Hall–Kier alpha value is -0.790. The zero-order chi connectivity index (χ0) is 13.4. The van der Waals surface area contributed by atoms with Gasteiger partial charge in [-0.2, -0.15) is 0 Å². The molecule has 1 heterocycles. The molecule has 17 heavy (non-hydrogen) atoms. The van der Waals surface area contributed by atoms with E-state index in [9.17, 15) is 0 Å². The highest BCUT2D eigenvalue weighted by molar-refractivity contribution is 6.38. The minimum absolute atomic E-state index is 0.603. The Morgan fingerprint density at radius 2 is 1.59 bits per heavy atom. The highest BCUT2D eigenvalue weighted by Gasteiger charge is 2.03. The maximum absolute atomic E-state index is 5.99. The third kappa shape index (κ3) is 4.18. The summed E-state index contributed by atoms with van der Waals surface area (Å²) in [6.07, 6.45) is 1.75. The number of halogens is 2. The summed E-state index contributed by atoms with van der Waals surface area (Å²) in [5.74, 6) is 0. The minimum Gasteiger partial charge on any atom is -0.255 e. The van der Waals surface area contributed by atoms with Crippen LogP contribution in [-0.2, 0) is 0 Å². The van der Waals surface area contributed by atoms with Crippen molar-refractivity contribution < 1.29 is 0 Å². The molecule has 0 aliphatic heterocycles. The lowest BCUT2D eigenvalue weighted by molar-refractivity contribution is 1.37. The lowest BCUT2D eigenvalue weighted by atomic mass is 10.1. The van der Waals surface area contributed by atoms with Crippen LogP contribution in [0.4, 0.5) is 0 Å². The molecule has 0 amide bonds. The van der Waals surface area contributed by atoms with Gasteiger partial charge in [0.25, 0.3) is 0 Å². The van der Waals surface area contributed by atoms with Crippen molar-refractivity contribution in [2.75, 3.05) is 0 Å². The molecule has 0 unspecified atom stereocenters. The summed E-state index contributed by atoms with van der Waals surface area (Å²) >= 11 is 11.9. The second kappa shape index (κ2) is 8.32. The standard InChI is InChI=1S/C10H7Cl2N.2C2H6/c1-6-2-3-13-10-8(6)4-7(11)5-9(10)12;2*1-2/h2-5H,1H3;2*1-2H3. The van der Waals surface area contributed by atoms with E-state index in [1.54, 1.807) is 12.3 Å². The number of nitrogens with zero attached hydrogens (tertiary/aromatic N) is 1. The van der Waals surface area contributed by atoms with E-state index in [-0.39, 0.29) is 0 Å². The summed E-state index contributed by atoms with van der Waals surface area (Å²) in [4.78, 5) is 4.19. The van der Waals surface area contributed by atoms with Gasteiger partial charge < -0.3 is 0 Å². The Bertz CT molecular complexity index is 467. The van der Waals surface area contributed by atoms with Gasteiger partial charge in [0, 0.05) is 16.6 Å². The van der Waals surface area contributed by atoms with Crippen LogP contribution in [-0.4, -0.2) is 4.98 Å². The molecular formula is C14H19Cl2N. The molecule has 2 rings (SSSR count). The van der Waals surface area contributed by atoms with Crippen LogP contribution in [0.5, 0.6) is 0 Å². The van der Waals surface area contributed by atoms with E-state index in [0.29, 0.717) is 10.0 Å². The molecule has 0 bridgehead atoms. The predicted molar refractivity (Wildman–Crippen MR) is 79.2 cm³/mol. The molecule has 94 valence electrons. The second-order valence-corrected chi connectivity index (χ2v) is 3.76. The van der Waals surface area contributed by atoms with E-state index in [1.807, 2.05) is 46.8 Å². The van der Waals surface area contributed by atoms with Crippen molar-refractivity contribution in [3.8, 4) is 0 Å². The third-order valence-electron chi connectivity index (χ3n) is 1.98. The first-order chi connectivity index (χ1) is 8.18. The largest absolute Gasteiger partial charge is 0.255 e. The molecule has 0 radical (unpaired) electrons. The van der Waals surface area contributed by atoms with Crippen molar-refractivity contribution in [3.05, 3.63) is 40.0 Å². The van der Waals surface area contributed by atoms with Crippen LogP contribution in [0.15, 0.2) is 24.4 Å². The Morgan fingerprint density at radius 3 is 2.18 bits per heavy atom. The lowest BCUT2D eigenvalue weighted by Gasteiger charge is -2.02. The van der Waals surface area contributed by atoms with Gasteiger partial charge >= 0.3 is 0 Å². The van der Waals surface area contributed by atoms with Gasteiger partial charge in [0.05, 0.1) is 10.5 Å². The van der Waals surface area contributed by atoms with E-state index >= 15 is 0 Å². The fourth-order valence-corrected chi connectivity index (χ4v) is 1.85. The molecule has 1 aromatic heterocycles. The quantitative estimate of drug-likeness (QED) is 0.581. The summed E-state index contributed by atoms with van der Waals surface area (Å²) in [6.45, 7) is 10.0. The third-order valence-corrected chi connectivity index (χ3v) is 2.49. The number of fused-ring (bicyclic) bond motifs is 1. The second-order valence-electron chi connectivity index (χ2n) is 2.91. The highest BCUT2D eigenvalue weighted by Crippen LogP contribution is 2.27. The van der Waals surface area contributed by atoms with Crippen LogP contribution in [0.3, 0.4) is 0 Å². The van der Waals surface area contributed by atoms with E-state index in [0.717, 1.165) is 16.5 Å². The number of rotatable bonds is 0. The van der Waals surface area contributed by atoms with Crippen molar-refractivity contribution in [2.24, 2.45) is 0 Å². The monoisotopic (exact) mass is 271 g/mol. The number of aromatic nitrogens is 1. The molecule has 0 aliphatic rings. The van der Waals surface area contributed by atoms with Crippen molar-refractivity contribution in [3.63, 3.8) is 0 Å². The molecule has 0 atom stereocenters. The van der Waals surface area contributed by atoms with Gasteiger partial charge in [-0.3, -0.25) is 4.98 Å². The van der Waals surface area contributed by atoms with Gasteiger partial charge in [0.1, 0.15) is 0 Å². The Morgan fingerprint density at radius 1 is 1.00 bits per heavy atom. The molecule has 0 aliphatic carbocycles. The van der Waals surface area contributed by atoms with Gasteiger partial charge in [0.2, 0.25) is 0 Å². The maximum atomic E-state index is 5.99. The fourth-order valence-electron chi connectivity index (χ4n) is 1.31. The molecule has 1 nitrogen and oxygen atoms in total. The predicted octanol–water partition coefficient (Wildman–Crippen LogP) is 5.90. The van der Waals surface area contributed by atoms with Crippen LogP contribution < -0.4 is 0 Å². The average molecular weight is 272 g/mol. The summed E-state index contributed by atoms with van der Waals surface area (Å²) in [5, 5.41) is 2.26. The zero-order valence-corrected chi connectivity index (χ0v) is 12.5. The number of hydrogen-bond donors (Lipinski definition) is 0. The molecule has 3 heteroatoms. The van der Waals surface area contributed by atoms with Gasteiger partial charge in [-0.25, -0.2) is 0 Å². The number of hydrogen-bond acceptors (Lipinski definition) is 1. The molecular weight excluding hydrogens is 253 g/mol. The van der Waals surface area contributed by atoms with Crippen molar-refractivity contribution in [1.82, 2.24) is 4.98 Å². The van der Waals surface area contributed by atoms with Crippen LogP contribution in [0.1, 0.15) is 33.3 Å². The molecule has 2 aromatic rings. The van der Waals surface area contributed by atoms with E-state index in [4.69, 9.17) is 23.2 Å². The summed E-state index contributed by atoms with van der Waals surface area (Å²) < 4.78 is 0. The first kappa shape index (κ1) is 16.2. The summed E-state index contributed by atoms with van der Waals surface area (Å²) in [6, 6.07) is 5.53. The van der Waals surface area contributed by atoms with E-state index < -0.39 is 0 Å². The average Bonchev–Trinajstić information content (AvgIpc) is 2.36. The Labute approximate surface area is 114 Å². The normalized spacial score (nSPS) is 8.88. The summed E-state index contributed by atoms with van der Waals surface area (Å²) in [7, 11) is 0. The number of benzene rings is 1. The van der Waals surface area contributed by atoms with Gasteiger partial charge in [-0.05, 0) is 30.7 Å². The molecule has 0 N–H and O–H groups in total. The molecule has 0 saturated heterocycles. The van der Waals surface area contributed by atoms with Gasteiger partial charge in [0.15, 0.2) is 0 Å². The molecule has 0 saturated carbocycles. The first-order valence-electron chi connectivity index (χ1n) is 5.89.